The molecule has 4 aromatic rings. The summed E-state index contributed by atoms with van der Waals surface area (Å²) in [5, 5.41) is 1.03. The molecular formula is C23H24N4O3. The molecule has 0 N–H and O–H groups in total. The summed E-state index contributed by atoms with van der Waals surface area (Å²) in [6, 6.07) is 14.1. The lowest BCUT2D eigenvalue weighted by Crippen LogP contribution is -2.46. The largest absolute Gasteiger partial charge is 0.493 e. The number of rotatable bonds is 5. The van der Waals surface area contributed by atoms with Crippen LogP contribution in [0.4, 0.5) is 5.82 Å². The summed E-state index contributed by atoms with van der Waals surface area (Å²) < 4.78 is 16.9. The number of benzene rings is 2. The van der Waals surface area contributed by atoms with Crippen molar-refractivity contribution < 1.29 is 13.9 Å². The van der Waals surface area contributed by atoms with Gasteiger partial charge in [0.05, 0.1) is 14.2 Å². The van der Waals surface area contributed by atoms with Gasteiger partial charge in [0, 0.05) is 38.1 Å². The molecule has 154 valence electrons. The Balaban J connectivity index is 1.32. The molecular weight excluding hydrogens is 380 g/mol. The first-order chi connectivity index (χ1) is 14.8. The minimum atomic E-state index is 0.754. The highest BCUT2D eigenvalue weighted by Gasteiger charge is 2.23. The summed E-state index contributed by atoms with van der Waals surface area (Å²) in [5.74, 6) is 2.40. The Hall–Kier alpha value is -3.32. The quantitative estimate of drug-likeness (QED) is 0.502. The molecule has 0 radical (unpaired) electrons. The fourth-order valence-electron chi connectivity index (χ4n) is 4.09. The standard InChI is InChI=1S/C23H24N4O3/c1-28-19-8-7-16(13-20(19)29-2)14-26-9-11-27(12-10-26)23-22-21(24-15-25-23)17-5-3-4-6-18(17)30-22/h3-8,13,15H,9-12,14H2,1-2H3. The number of nitrogens with zero attached hydrogens (tertiary/aromatic N) is 4. The Bertz CT molecular complexity index is 1180. The third kappa shape index (κ3) is 3.31. The third-order valence-electron chi connectivity index (χ3n) is 5.67. The first kappa shape index (κ1) is 18.7. The number of fused-ring (bicyclic) bond motifs is 3. The minimum absolute atomic E-state index is 0.754. The molecule has 1 saturated heterocycles. The van der Waals surface area contributed by atoms with E-state index in [1.54, 1.807) is 20.5 Å². The van der Waals surface area contributed by atoms with Crippen LogP contribution in [-0.4, -0.2) is 55.3 Å². The van der Waals surface area contributed by atoms with Gasteiger partial charge < -0.3 is 18.8 Å². The van der Waals surface area contributed by atoms with Crippen LogP contribution in [0.1, 0.15) is 5.56 Å². The zero-order valence-electron chi connectivity index (χ0n) is 17.2. The highest BCUT2D eigenvalue weighted by Crippen LogP contribution is 2.33. The molecule has 0 atom stereocenters. The van der Waals surface area contributed by atoms with E-state index in [1.165, 1.54) is 5.56 Å². The zero-order chi connectivity index (χ0) is 20.5. The van der Waals surface area contributed by atoms with E-state index in [0.29, 0.717) is 0 Å². The van der Waals surface area contributed by atoms with Crippen LogP contribution in [0, 0.1) is 0 Å². The van der Waals surface area contributed by atoms with Gasteiger partial charge >= 0.3 is 0 Å². The molecule has 0 unspecified atom stereocenters. The van der Waals surface area contributed by atoms with Crippen molar-refractivity contribution in [1.29, 1.82) is 0 Å². The van der Waals surface area contributed by atoms with Crippen LogP contribution in [0.25, 0.3) is 22.1 Å². The maximum atomic E-state index is 6.10. The van der Waals surface area contributed by atoms with Crippen LogP contribution >= 0.6 is 0 Å². The monoisotopic (exact) mass is 404 g/mol. The first-order valence-electron chi connectivity index (χ1n) is 10.1. The number of aromatic nitrogens is 2. The highest BCUT2D eigenvalue weighted by molar-refractivity contribution is 6.05. The second kappa shape index (κ2) is 7.84. The lowest BCUT2D eigenvalue weighted by atomic mass is 10.1. The lowest BCUT2D eigenvalue weighted by molar-refractivity contribution is 0.248. The van der Waals surface area contributed by atoms with Crippen molar-refractivity contribution in [2.24, 2.45) is 0 Å². The summed E-state index contributed by atoms with van der Waals surface area (Å²) in [5.41, 5.74) is 3.71. The van der Waals surface area contributed by atoms with Gasteiger partial charge in [-0.05, 0) is 29.8 Å². The van der Waals surface area contributed by atoms with Crippen molar-refractivity contribution >= 4 is 27.9 Å². The van der Waals surface area contributed by atoms with Crippen LogP contribution in [-0.2, 0) is 6.54 Å². The molecule has 5 rings (SSSR count). The first-order valence-corrected chi connectivity index (χ1v) is 10.1. The summed E-state index contributed by atoms with van der Waals surface area (Å²) in [4.78, 5) is 13.7. The number of ether oxygens (including phenoxy) is 2. The number of piperazine rings is 1. The second-order valence-electron chi connectivity index (χ2n) is 7.43. The van der Waals surface area contributed by atoms with Gasteiger partial charge in [-0.1, -0.05) is 18.2 Å². The van der Waals surface area contributed by atoms with E-state index in [2.05, 4.69) is 25.8 Å². The number of methoxy groups -OCH3 is 2. The van der Waals surface area contributed by atoms with E-state index in [9.17, 15) is 0 Å². The van der Waals surface area contributed by atoms with E-state index in [1.807, 2.05) is 36.4 Å². The molecule has 2 aromatic heterocycles. The van der Waals surface area contributed by atoms with E-state index >= 15 is 0 Å². The Morgan fingerprint density at radius 1 is 0.933 bits per heavy atom. The highest BCUT2D eigenvalue weighted by atomic mass is 16.5. The summed E-state index contributed by atoms with van der Waals surface area (Å²) >= 11 is 0. The van der Waals surface area contributed by atoms with Gasteiger partial charge in [0.2, 0.25) is 0 Å². The fraction of sp³-hybridized carbons (Fsp3) is 0.304. The zero-order valence-corrected chi connectivity index (χ0v) is 17.2. The molecule has 0 amide bonds. The molecule has 1 aliphatic rings. The molecule has 30 heavy (non-hydrogen) atoms. The van der Waals surface area contributed by atoms with Gasteiger partial charge in [-0.25, -0.2) is 9.97 Å². The SMILES string of the molecule is COc1ccc(CN2CCN(c3ncnc4c3oc3ccccc34)CC2)cc1OC. The van der Waals surface area contributed by atoms with Crippen LogP contribution in [0.15, 0.2) is 53.2 Å². The predicted molar refractivity (Wildman–Crippen MR) is 116 cm³/mol. The Morgan fingerprint density at radius 2 is 1.73 bits per heavy atom. The van der Waals surface area contributed by atoms with Crippen molar-refractivity contribution in [1.82, 2.24) is 14.9 Å². The molecule has 0 bridgehead atoms. The van der Waals surface area contributed by atoms with Crippen molar-refractivity contribution in [3.8, 4) is 11.5 Å². The molecule has 7 nitrogen and oxygen atoms in total. The number of para-hydroxylation sites is 1. The molecule has 0 saturated carbocycles. The molecule has 7 heteroatoms. The Labute approximate surface area is 174 Å². The van der Waals surface area contributed by atoms with Gasteiger partial charge in [-0.2, -0.15) is 0 Å². The van der Waals surface area contributed by atoms with Crippen LogP contribution in [0.5, 0.6) is 11.5 Å². The van der Waals surface area contributed by atoms with Crippen LogP contribution in [0.2, 0.25) is 0 Å². The molecule has 2 aromatic carbocycles. The topological polar surface area (TPSA) is 63.9 Å². The number of furan rings is 1. The fourth-order valence-corrected chi connectivity index (χ4v) is 4.09. The Kier molecular flexibility index (Phi) is 4.88. The van der Waals surface area contributed by atoms with Gasteiger partial charge in [-0.15, -0.1) is 0 Å². The van der Waals surface area contributed by atoms with Crippen molar-refractivity contribution in [2.75, 3.05) is 45.3 Å². The van der Waals surface area contributed by atoms with Gasteiger partial charge in [0.1, 0.15) is 17.4 Å². The van der Waals surface area contributed by atoms with Gasteiger partial charge in [0.15, 0.2) is 22.9 Å². The maximum absolute atomic E-state index is 6.10. The molecule has 3 heterocycles. The molecule has 1 fully saturated rings. The van der Waals surface area contributed by atoms with E-state index in [-0.39, 0.29) is 0 Å². The van der Waals surface area contributed by atoms with Gasteiger partial charge in [0.25, 0.3) is 0 Å². The van der Waals surface area contributed by atoms with Crippen molar-refractivity contribution in [3.05, 3.63) is 54.4 Å². The summed E-state index contributed by atoms with van der Waals surface area (Å²) in [6.07, 6.45) is 1.63. The second-order valence-corrected chi connectivity index (χ2v) is 7.43. The predicted octanol–water partition coefficient (Wildman–Crippen LogP) is 3.72. The van der Waals surface area contributed by atoms with Crippen LogP contribution in [0.3, 0.4) is 0 Å². The van der Waals surface area contributed by atoms with E-state index in [4.69, 9.17) is 13.9 Å². The lowest BCUT2D eigenvalue weighted by Gasteiger charge is -2.35. The van der Waals surface area contributed by atoms with Crippen LogP contribution < -0.4 is 14.4 Å². The van der Waals surface area contributed by atoms with Crippen molar-refractivity contribution in [2.45, 2.75) is 6.54 Å². The number of anilines is 1. The number of hydrogen-bond acceptors (Lipinski definition) is 7. The molecule has 1 aliphatic heterocycles. The average molecular weight is 404 g/mol. The summed E-state index contributed by atoms with van der Waals surface area (Å²) in [6.45, 7) is 4.53. The normalized spacial score (nSPS) is 15.1. The van der Waals surface area contributed by atoms with E-state index < -0.39 is 0 Å². The maximum Gasteiger partial charge on any atom is 0.196 e. The Morgan fingerprint density at radius 3 is 2.53 bits per heavy atom. The van der Waals surface area contributed by atoms with Crippen molar-refractivity contribution in [3.63, 3.8) is 0 Å². The third-order valence-corrected chi connectivity index (χ3v) is 5.67. The molecule has 0 aliphatic carbocycles. The molecule has 0 spiro atoms. The summed E-state index contributed by atoms with van der Waals surface area (Å²) in [7, 11) is 3.32. The average Bonchev–Trinajstić information content (AvgIpc) is 3.18. The minimum Gasteiger partial charge on any atom is -0.493 e. The van der Waals surface area contributed by atoms with Gasteiger partial charge in [-0.3, -0.25) is 4.90 Å². The smallest absolute Gasteiger partial charge is 0.196 e. The number of hydrogen-bond donors (Lipinski definition) is 0. The van der Waals surface area contributed by atoms with E-state index in [0.717, 1.165) is 72.1 Å².